The number of aliphatic hydroxyl groups excluding tert-OH is 1. The summed E-state index contributed by atoms with van der Waals surface area (Å²) in [6, 6.07) is 24.6. The minimum absolute atomic E-state index is 0.0503. The fraction of sp³-hybridized carbons (Fsp3) is 0.250. The summed E-state index contributed by atoms with van der Waals surface area (Å²) >= 11 is 0. The molecule has 1 atom stereocenters. The quantitative estimate of drug-likeness (QED) is 0.409. The van der Waals surface area contributed by atoms with Crippen LogP contribution in [-0.2, 0) is 11.8 Å². The summed E-state index contributed by atoms with van der Waals surface area (Å²) in [5.41, 5.74) is 2.75. The van der Waals surface area contributed by atoms with E-state index >= 15 is 0 Å². The minimum atomic E-state index is -0.0503. The van der Waals surface area contributed by atoms with Crippen molar-refractivity contribution in [1.82, 2.24) is 0 Å². The summed E-state index contributed by atoms with van der Waals surface area (Å²) in [5, 5.41) is 12.0. The lowest BCUT2D eigenvalue weighted by Crippen LogP contribution is -2.10. The van der Waals surface area contributed by atoms with E-state index in [0.29, 0.717) is 6.42 Å². The maximum atomic E-state index is 9.29. The van der Waals surface area contributed by atoms with Gasteiger partial charge in [0.05, 0.1) is 0 Å². The monoisotopic (exact) mass is 361 g/mol. The SMILES string of the molecule is CC(C)(C)c1ccc(-[s+]2c3ccccc3c3cc(CCO)ccc32)cc1. The third kappa shape index (κ3) is 2.94. The molecule has 0 aliphatic carbocycles. The molecule has 3 aromatic carbocycles. The molecule has 0 fully saturated rings. The number of thiophene rings is 1. The Hall–Kier alpha value is -2.16. The van der Waals surface area contributed by atoms with Gasteiger partial charge in [-0.25, -0.2) is 0 Å². The molecule has 0 aliphatic rings. The Morgan fingerprint density at radius 1 is 0.808 bits per heavy atom. The number of fused-ring (bicyclic) bond motifs is 3. The van der Waals surface area contributed by atoms with E-state index in [9.17, 15) is 5.11 Å². The summed E-state index contributed by atoms with van der Waals surface area (Å²) in [5.74, 6) is 0. The molecular formula is C24H25OS+. The van der Waals surface area contributed by atoms with Crippen LogP contribution in [0.4, 0.5) is 0 Å². The zero-order valence-electron chi connectivity index (χ0n) is 15.6. The third-order valence-electron chi connectivity index (χ3n) is 5.02. The van der Waals surface area contributed by atoms with Crippen molar-refractivity contribution in [2.75, 3.05) is 6.61 Å². The van der Waals surface area contributed by atoms with Crippen LogP contribution >= 0.6 is 10.5 Å². The van der Waals surface area contributed by atoms with E-state index in [1.807, 2.05) is 0 Å². The Morgan fingerprint density at radius 3 is 2.19 bits per heavy atom. The highest BCUT2D eigenvalue weighted by Gasteiger charge is 2.24. The molecule has 1 N–H and O–H groups in total. The van der Waals surface area contributed by atoms with Gasteiger partial charge < -0.3 is 5.11 Å². The standard InChI is InChI=1S/C24H25OS/c1-24(2,3)18-9-11-19(12-10-18)26-22-7-5-4-6-20(22)21-16-17(14-15-25)8-13-23(21)26/h4-13,16,25H,14-15H2,1-3H3/q+1. The lowest BCUT2D eigenvalue weighted by Gasteiger charge is -2.18. The van der Waals surface area contributed by atoms with Gasteiger partial charge in [0.2, 0.25) is 0 Å². The van der Waals surface area contributed by atoms with Crippen molar-refractivity contribution in [1.29, 1.82) is 0 Å². The maximum absolute atomic E-state index is 9.29. The Kier molecular flexibility index (Phi) is 4.34. The fourth-order valence-electron chi connectivity index (χ4n) is 3.58. The molecule has 26 heavy (non-hydrogen) atoms. The topological polar surface area (TPSA) is 20.2 Å². The molecule has 0 aliphatic heterocycles. The molecule has 1 unspecified atom stereocenters. The van der Waals surface area contributed by atoms with E-state index in [1.54, 1.807) is 0 Å². The Balaban J connectivity index is 1.96. The first-order valence-electron chi connectivity index (χ1n) is 9.17. The number of hydrogen-bond acceptors (Lipinski definition) is 1. The van der Waals surface area contributed by atoms with Gasteiger partial charge in [0.1, 0.15) is 0 Å². The second-order valence-corrected chi connectivity index (χ2v) is 9.84. The number of benzene rings is 3. The summed E-state index contributed by atoms with van der Waals surface area (Å²) in [7, 11) is -0.0503. The summed E-state index contributed by atoms with van der Waals surface area (Å²) < 4.78 is 2.81. The lowest BCUT2D eigenvalue weighted by molar-refractivity contribution is 0.299. The predicted molar refractivity (Wildman–Crippen MR) is 115 cm³/mol. The van der Waals surface area contributed by atoms with Crippen LogP contribution in [0.3, 0.4) is 0 Å². The first-order chi connectivity index (χ1) is 12.5. The van der Waals surface area contributed by atoms with Crippen molar-refractivity contribution in [3.63, 3.8) is 0 Å². The largest absolute Gasteiger partial charge is 0.396 e. The van der Waals surface area contributed by atoms with Gasteiger partial charge in [-0.05, 0) is 59.4 Å². The van der Waals surface area contributed by atoms with Crippen LogP contribution < -0.4 is 0 Å². The van der Waals surface area contributed by atoms with E-state index in [0.717, 1.165) is 0 Å². The van der Waals surface area contributed by atoms with Gasteiger partial charge in [-0.1, -0.05) is 51.1 Å². The molecular weight excluding hydrogens is 336 g/mol. The van der Waals surface area contributed by atoms with Crippen LogP contribution in [0.5, 0.6) is 0 Å². The highest BCUT2D eigenvalue weighted by Crippen LogP contribution is 2.48. The first-order valence-corrected chi connectivity index (χ1v) is 10.4. The summed E-state index contributed by atoms with van der Waals surface area (Å²) in [6.45, 7) is 6.97. The van der Waals surface area contributed by atoms with Gasteiger partial charge in [0, 0.05) is 27.8 Å². The summed E-state index contributed by atoms with van der Waals surface area (Å²) in [4.78, 5) is 1.37. The van der Waals surface area contributed by atoms with Gasteiger partial charge in [-0.3, -0.25) is 0 Å². The minimum Gasteiger partial charge on any atom is -0.396 e. The second-order valence-electron chi connectivity index (χ2n) is 7.88. The average molecular weight is 362 g/mol. The van der Waals surface area contributed by atoms with Gasteiger partial charge in [-0.15, -0.1) is 0 Å². The number of aliphatic hydroxyl groups is 1. The van der Waals surface area contributed by atoms with E-state index in [1.165, 1.54) is 36.2 Å². The highest BCUT2D eigenvalue weighted by atomic mass is 32.2. The predicted octanol–water partition coefficient (Wildman–Crippen LogP) is 6.56. The van der Waals surface area contributed by atoms with Crippen molar-refractivity contribution in [2.24, 2.45) is 0 Å². The Labute approximate surface area is 157 Å². The smallest absolute Gasteiger partial charge is 0.187 e. The molecule has 132 valence electrons. The van der Waals surface area contributed by atoms with Crippen molar-refractivity contribution in [2.45, 2.75) is 32.6 Å². The van der Waals surface area contributed by atoms with Crippen LogP contribution in [0.1, 0.15) is 31.9 Å². The highest BCUT2D eigenvalue weighted by molar-refractivity contribution is 7.50. The van der Waals surface area contributed by atoms with E-state index in [4.69, 9.17) is 0 Å². The normalized spacial score (nSPS) is 12.8. The van der Waals surface area contributed by atoms with Gasteiger partial charge >= 0.3 is 0 Å². The van der Waals surface area contributed by atoms with Crippen LogP contribution in [0.2, 0.25) is 0 Å². The number of hydrogen-bond donors (Lipinski definition) is 1. The zero-order valence-corrected chi connectivity index (χ0v) is 16.4. The molecule has 0 saturated heterocycles. The molecule has 0 saturated carbocycles. The molecule has 1 heterocycles. The first kappa shape index (κ1) is 17.3. The molecule has 4 aromatic rings. The molecule has 1 aromatic heterocycles. The Morgan fingerprint density at radius 2 is 1.50 bits per heavy atom. The third-order valence-corrected chi connectivity index (χ3v) is 7.35. The van der Waals surface area contributed by atoms with Gasteiger partial charge in [0.15, 0.2) is 14.3 Å². The average Bonchev–Trinajstić information content (AvgIpc) is 2.95. The van der Waals surface area contributed by atoms with Crippen molar-refractivity contribution >= 4 is 30.6 Å². The molecule has 0 spiro atoms. The van der Waals surface area contributed by atoms with Gasteiger partial charge in [0.25, 0.3) is 0 Å². The molecule has 2 heteroatoms. The molecule has 0 radical (unpaired) electrons. The lowest BCUT2D eigenvalue weighted by atomic mass is 9.87. The second kappa shape index (κ2) is 6.53. The molecule has 4 rings (SSSR count). The number of rotatable bonds is 3. The summed E-state index contributed by atoms with van der Waals surface area (Å²) in [6.07, 6.45) is 0.712. The van der Waals surface area contributed by atoms with Crippen LogP contribution in [0.25, 0.3) is 25.1 Å². The van der Waals surface area contributed by atoms with Crippen LogP contribution in [-0.4, -0.2) is 11.7 Å². The molecule has 0 amide bonds. The van der Waals surface area contributed by atoms with Crippen molar-refractivity contribution < 1.29 is 5.11 Å². The van der Waals surface area contributed by atoms with Crippen LogP contribution in [0, 0.1) is 0 Å². The molecule has 0 bridgehead atoms. The van der Waals surface area contributed by atoms with Gasteiger partial charge in [-0.2, -0.15) is 0 Å². The Bertz CT molecular complexity index is 1070. The van der Waals surface area contributed by atoms with E-state index in [2.05, 4.69) is 87.5 Å². The van der Waals surface area contributed by atoms with Crippen molar-refractivity contribution in [3.05, 3.63) is 77.9 Å². The molecule has 1 nitrogen and oxygen atoms in total. The van der Waals surface area contributed by atoms with E-state index in [-0.39, 0.29) is 22.5 Å². The zero-order chi connectivity index (χ0) is 18.3. The van der Waals surface area contributed by atoms with Crippen LogP contribution in [0.15, 0.2) is 66.7 Å². The van der Waals surface area contributed by atoms with Crippen molar-refractivity contribution in [3.8, 4) is 4.90 Å². The maximum Gasteiger partial charge on any atom is 0.187 e. The fourth-order valence-corrected chi connectivity index (χ4v) is 5.94. The van der Waals surface area contributed by atoms with E-state index < -0.39 is 0 Å².